The summed E-state index contributed by atoms with van der Waals surface area (Å²) in [6, 6.07) is 26.9. The normalized spacial score (nSPS) is 13.8. The SMILES string of the molecule is CN(C(=O)Cn1c(CCCCCNC(=O)Cc2ccc(-c3ccccc3)cc2)nc2ccccc21)C1CCCCC1. The molecule has 5 rings (SSSR count). The van der Waals surface area contributed by atoms with Crippen molar-refractivity contribution in [2.75, 3.05) is 13.6 Å². The molecule has 2 amide bonds. The van der Waals surface area contributed by atoms with Gasteiger partial charge in [-0.2, -0.15) is 0 Å². The minimum Gasteiger partial charge on any atom is -0.356 e. The lowest BCUT2D eigenvalue weighted by molar-refractivity contribution is -0.133. The molecule has 1 aliphatic carbocycles. The Morgan fingerprint density at radius 3 is 2.34 bits per heavy atom. The lowest BCUT2D eigenvalue weighted by Crippen LogP contribution is -2.40. The van der Waals surface area contributed by atoms with Crippen LogP contribution in [0.3, 0.4) is 0 Å². The van der Waals surface area contributed by atoms with Crippen LogP contribution in [0.2, 0.25) is 0 Å². The Labute approximate surface area is 243 Å². The number of hydrogen-bond acceptors (Lipinski definition) is 3. The number of imidazole rings is 1. The Morgan fingerprint density at radius 1 is 0.854 bits per heavy atom. The molecular weight excluding hydrogens is 508 g/mol. The van der Waals surface area contributed by atoms with Gasteiger partial charge in [0.1, 0.15) is 12.4 Å². The van der Waals surface area contributed by atoms with Gasteiger partial charge in [0.25, 0.3) is 0 Å². The number of benzene rings is 3. The smallest absolute Gasteiger partial charge is 0.242 e. The number of carbonyl (C=O) groups excluding carboxylic acids is 2. The summed E-state index contributed by atoms with van der Waals surface area (Å²) in [5.41, 5.74) is 5.32. The van der Waals surface area contributed by atoms with Crippen molar-refractivity contribution in [1.82, 2.24) is 19.8 Å². The van der Waals surface area contributed by atoms with Gasteiger partial charge in [0.15, 0.2) is 0 Å². The molecule has 1 saturated carbocycles. The van der Waals surface area contributed by atoms with Crippen molar-refractivity contribution in [2.45, 2.75) is 76.8 Å². The van der Waals surface area contributed by atoms with E-state index >= 15 is 0 Å². The molecule has 0 atom stereocenters. The Balaban J connectivity index is 1.07. The molecule has 0 spiro atoms. The molecule has 3 aromatic carbocycles. The highest BCUT2D eigenvalue weighted by Gasteiger charge is 2.23. The molecule has 0 aliphatic heterocycles. The van der Waals surface area contributed by atoms with Crippen LogP contribution in [0.4, 0.5) is 0 Å². The fourth-order valence-electron chi connectivity index (χ4n) is 5.92. The molecule has 0 radical (unpaired) electrons. The van der Waals surface area contributed by atoms with Crippen molar-refractivity contribution < 1.29 is 9.59 Å². The molecule has 0 bridgehead atoms. The van der Waals surface area contributed by atoms with Crippen molar-refractivity contribution in [2.24, 2.45) is 0 Å². The number of nitrogens with zero attached hydrogens (tertiary/aromatic N) is 3. The molecule has 214 valence electrons. The van der Waals surface area contributed by atoms with E-state index in [0.29, 0.717) is 25.6 Å². The van der Waals surface area contributed by atoms with Crippen LogP contribution in [-0.4, -0.2) is 45.9 Å². The van der Waals surface area contributed by atoms with Gasteiger partial charge >= 0.3 is 0 Å². The first-order valence-electron chi connectivity index (χ1n) is 15.2. The predicted octanol–water partition coefficient (Wildman–Crippen LogP) is 6.57. The number of rotatable bonds is 12. The first-order chi connectivity index (χ1) is 20.1. The highest BCUT2D eigenvalue weighted by Crippen LogP contribution is 2.23. The summed E-state index contributed by atoms with van der Waals surface area (Å²) in [6.45, 7) is 1.01. The number of para-hydroxylation sites is 2. The third-order valence-corrected chi connectivity index (χ3v) is 8.37. The van der Waals surface area contributed by atoms with Crippen molar-refractivity contribution >= 4 is 22.8 Å². The first-order valence-corrected chi connectivity index (χ1v) is 15.2. The Hall–Kier alpha value is -3.93. The van der Waals surface area contributed by atoms with Crippen LogP contribution in [0.5, 0.6) is 0 Å². The van der Waals surface area contributed by atoms with Gasteiger partial charge in [-0.1, -0.05) is 92.4 Å². The number of hydrogen-bond donors (Lipinski definition) is 1. The zero-order valence-corrected chi connectivity index (χ0v) is 24.2. The number of aryl methyl sites for hydroxylation is 1. The second kappa shape index (κ2) is 14.1. The number of unbranched alkanes of at least 4 members (excludes halogenated alkanes) is 2. The van der Waals surface area contributed by atoms with Gasteiger partial charge < -0.3 is 14.8 Å². The summed E-state index contributed by atoms with van der Waals surface area (Å²) in [6.07, 6.45) is 10.0. The fourth-order valence-corrected chi connectivity index (χ4v) is 5.92. The molecule has 6 nitrogen and oxygen atoms in total. The average molecular weight is 551 g/mol. The van der Waals surface area contributed by atoms with Crippen LogP contribution in [0.15, 0.2) is 78.9 Å². The zero-order valence-electron chi connectivity index (χ0n) is 24.2. The summed E-state index contributed by atoms with van der Waals surface area (Å²) in [5.74, 6) is 1.19. The summed E-state index contributed by atoms with van der Waals surface area (Å²) in [7, 11) is 1.96. The van der Waals surface area contributed by atoms with Crippen molar-refractivity contribution in [3.05, 3.63) is 90.3 Å². The van der Waals surface area contributed by atoms with Crippen LogP contribution in [0.1, 0.15) is 62.8 Å². The summed E-state index contributed by atoms with van der Waals surface area (Å²) in [4.78, 5) is 32.6. The van der Waals surface area contributed by atoms with E-state index in [9.17, 15) is 9.59 Å². The fraction of sp³-hybridized carbons (Fsp3) is 0.400. The van der Waals surface area contributed by atoms with Gasteiger partial charge in [-0.3, -0.25) is 9.59 Å². The maximum absolute atomic E-state index is 13.2. The van der Waals surface area contributed by atoms with Crippen LogP contribution < -0.4 is 5.32 Å². The Bertz CT molecular complexity index is 1420. The van der Waals surface area contributed by atoms with Gasteiger partial charge in [0, 0.05) is 26.1 Å². The number of likely N-dealkylation sites (N-methyl/N-ethyl adjacent to an activating group) is 1. The van der Waals surface area contributed by atoms with E-state index < -0.39 is 0 Å². The molecular formula is C35H42N4O2. The van der Waals surface area contributed by atoms with E-state index in [1.807, 2.05) is 60.5 Å². The number of fused-ring (bicyclic) bond motifs is 1. The van der Waals surface area contributed by atoms with Crippen LogP contribution >= 0.6 is 0 Å². The first kappa shape index (κ1) is 28.6. The van der Waals surface area contributed by atoms with Crippen molar-refractivity contribution in [3.8, 4) is 11.1 Å². The maximum Gasteiger partial charge on any atom is 0.242 e. The summed E-state index contributed by atoms with van der Waals surface area (Å²) in [5, 5.41) is 3.07. The number of carbonyl (C=O) groups is 2. The quantitative estimate of drug-likeness (QED) is 0.203. The molecule has 4 aromatic rings. The molecule has 1 aliphatic rings. The van der Waals surface area contributed by atoms with Gasteiger partial charge in [0.05, 0.1) is 17.5 Å². The van der Waals surface area contributed by atoms with E-state index in [2.05, 4.69) is 40.2 Å². The Kier molecular flexibility index (Phi) is 9.84. The molecule has 1 aromatic heterocycles. The number of amides is 2. The monoisotopic (exact) mass is 550 g/mol. The second-order valence-electron chi connectivity index (χ2n) is 11.3. The average Bonchev–Trinajstić information content (AvgIpc) is 3.36. The van der Waals surface area contributed by atoms with E-state index in [1.54, 1.807) is 0 Å². The molecule has 0 saturated heterocycles. The molecule has 0 unspecified atom stereocenters. The molecule has 1 fully saturated rings. The van der Waals surface area contributed by atoms with Gasteiger partial charge in [-0.15, -0.1) is 0 Å². The minimum atomic E-state index is 0.0554. The molecule has 1 N–H and O–H groups in total. The van der Waals surface area contributed by atoms with Gasteiger partial charge in [-0.05, 0) is 54.5 Å². The van der Waals surface area contributed by atoms with E-state index in [-0.39, 0.29) is 11.8 Å². The van der Waals surface area contributed by atoms with Gasteiger partial charge in [0.2, 0.25) is 11.8 Å². The second-order valence-corrected chi connectivity index (χ2v) is 11.3. The van der Waals surface area contributed by atoms with Crippen molar-refractivity contribution in [1.29, 1.82) is 0 Å². The van der Waals surface area contributed by atoms with Crippen molar-refractivity contribution in [3.63, 3.8) is 0 Å². The number of aromatic nitrogens is 2. The van der Waals surface area contributed by atoms with E-state index in [0.717, 1.165) is 66.5 Å². The molecule has 41 heavy (non-hydrogen) atoms. The Morgan fingerprint density at radius 2 is 1.56 bits per heavy atom. The highest BCUT2D eigenvalue weighted by molar-refractivity contribution is 5.81. The predicted molar refractivity (Wildman–Crippen MR) is 166 cm³/mol. The largest absolute Gasteiger partial charge is 0.356 e. The van der Waals surface area contributed by atoms with Crippen LogP contribution in [0, 0.1) is 0 Å². The maximum atomic E-state index is 13.2. The third-order valence-electron chi connectivity index (χ3n) is 8.37. The van der Waals surface area contributed by atoms with E-state index in [1.165, 1.54) is 24.8 Å². The van der Waals surface area contributed by atoms with Crippen LogP contribution in [0.25, 0.3) is 22.2 Å². The third kappa shape index (κ3) is 7.63. The summed E-state index contributed by atoms with van der Waals surface area (Å²) >= 11 is 0. The van der Waals surface area contributed by atoms with E-state index in [4.69, 9.17) is 4.98 Å². The van der Waals surface area contributed by atoms with Crippen LogP contribution in [-0.2, 0) is 29.0 Å². The lowest BCUT2D eigenvalue weighted by atomic mass is 9.94. The summed E-state index contributed by atoms with van der Waals surface area (Å²) < 4.78 is 2.11. The lowest BCUT2D eigenvalue weighted by Gasteiger charge is -2.31. The molecule has 1 heterocycles. The van der Waals surface area contributed by atoms with Gasteiger partial charge in [-0.25, -0.2) is 4.98 Å². The standard InChI is InChI=1S/C35H42N4O2/c1-38(30-15-7-3-8-16-30)35(41)26-39-32-18-11-10-17-31(32)37-33(39)19-9-4-12-24-36-34(40)25-27-20-22-29(23-21-27)28-13-5-2-6-14-28/h2,5-6,10-11,13-14,17-18,20-23,30H,3-4,7-9,12,15-16,19,24-26H2,1H3,(H,36,40). The minimum absolute atomic E-state index is 0.0554. The highest BCUT2D eigenvalue weighted by atomic mass is 16.2. The number of nitrogens with one attached hydrogen (secondary N) is 1. The molecule has 6 heteroatoms. The zero-order chi connectivity index (χ0) is 28.4. The topological polar surface area (TPSA) is 67.2 Å².